The van der Waals surface area contributed by atoms with Gasteiger partial charge in [0.25, 0.3) is 0 Å². The number of hydrogen-bond donors (Lipinski definition) is 12. The third-order valence-corrected chi connectivity index (χ3v) is 2.60. The van der Waals surface area contributed by atoms with E-state index in [0.717, 1.165) is 0 Å². The Bertz CT molecular complexity index is 666. The predicted octanol–water partition coefficient (Wildman–Crippen LogP) is -5.35. The van der Waals surface area contributed by atoms with Crippen molar-refractivity contribution in [2.75, 3.05) is 59.4 Å². The Hall–Kier alpha value is -3.99. The molecule has 21 nitrogen and oxygen atoms in total. The van der Waals surface area contributed by atoms with E-state index in [2.05, 4.69) is 10.6 Å². The number of aliphatic hydroxyl groups is 2. The summed E-state index contributed by atoms with van der Waals surface area (Å²) in [5, 5.41) is 85.7. The lowest BCUT2D eigenvalue weighted by Crippen LogP contribution is -2.31. The molecular weight excluding hydrogens is 532 g/mol. The zero-order chi connectivity index (χ0) is 30.8. The number of carbonyl (C=O) groups is 7. The first kappa shape index (κ1) is 41.1. The highest BCUT2D eigenvalue weighted by atomic mass is 16.5. The molecule has 0 aromatic carbocycles. The van der Waals surface area contributed by atoms with Crippen LogP contribution in [0.15, 0.2) is 0 Å². The monoisotopic (exact) mass is 564 g/mol. The molecule has 38 heavy (non-hydrogen) atoms. The molecule has 0 heterocycles. The maximum absolute atomic E-state index is 9.96. The molecule has 222 valence electrons. The van der Waals surface area contributed by atoms with Gasteiger partial charge in [-0.1, -0.05) is 0 Å². The lowest BCUT2D eigenvalue weighted by Gasteiger charge is -2.08. The summed E-state index contributed by atoms with van der Waals surface area (Å²) in [4.78, 5) is 69.9. The Morgan fingerprint density at radius 2 is 0.842 bits per heavy atom. The van der Waals surface area contributed by atoms with Gasteiger partial charge in [0.2, 0.25) is 0 Å². The Morgan fingerprint density at radius 3 is 1.08 bits per heavy atom. The van der Waals surface area contributed by atoms with Crippen molar-refractivity contribution in [1.82, 2.24) is 20.6 Å². The highest BCUT2D eigenvalue weighted by molar-refractivity contribution is 5.73. The van der Waals surface area contributed by atoms with E-state index in [0.29, 0.717) is 0 Å². The van der Waals surface area contributed by atoms with Gasteiger partial charge in [-0.3, -0.25) is 43.8 Å². The number of likely N-dealkylation sites (N-methyl/N-ethyl adjacent to an activating group) is 1. The second-order valence-electron chi connectivity index (χ2n) is 6.47. The third-order valence-electron chi connectivity index (χ3n) is 2.60. The van der Waals surface area contributed by atoms with E-state index < -0.39 is 61.2 Å². The predicted molar refractivity (Wildman–Crippen MR) is 118 cm³/mol. The van der Waals surface area contributed by atoms with Gasteiger partial charge in [-0.25, -0.2) is 0 Å². The first-order chi connectivity index (χ1) is 17.3. The number of aliphatic hydroxyl groups excluding tert-OH is 1. The number of nitrogens with zero attached hydrogens (tertiary/aromatic N) is 2. The molecule has 0 rings (SSSR count). The van der Waals surface area contributed by atoms with Crippen molar-refractivity contribution in [2.45, 2.75) is 6.29 Å². The van der Waals surface area contributed by atoms with E-state index in [4.69, 9.17) is 51.2 Å². The van der Waals surface area contributed by atoms with Gasteiger partial charge in [-0.2, -0.15) is 5.06 Å². The van der Waals surface area contributed by atoms with E-state index >= 15 is 0 Å². The Kier molecular flexibility index (Phi) is 28.2. The van der Waals surface area contributed by atoms with Crippen LogP contribution >= 0.6 is 0 Å². The van der Waals surface area contributed by atoms with Crippen molar-refractivity contribution >= 4 is 41.8 Å². The van der Waals surface area contributed by atoms with E-state index in [1.807, 2.05) is 0 Å². The number of carboxylic acids is 7. The largest absolute Gasteiger partial charge is 0.480 e. The molecule has 0 atom stereocenters. The molecule has 0 amide bonds. The Morgan fingerprint density at radius 1 is 0.553 bits per heavy atom. The molecule has 0 unspecified atom stereocenters. The number of carboxylic acid groups (broad SMARTS) is 7. The Labute approximate surface area is 213 Å². The van der Waals surface area contributed by atoms with Crippen molar-refractivity contribution in [3.8, 4) is 0 Å². The van der Waals surface area contributed by atoms with Crippen LogP contribution in [0.5, 0.6) is 0 Å². The van der Waals surface area contributed by atoms with Crippen LogP contribution < -0.4 is 10.6 Å². The van der Waals surface area contributed by atoms with Gasteiger partial charge in [-0.05, 0) is 7.05 Å². The molecule has 0 aromatic rings. The summed E-state index contributed by atoms with van der Waals surface area (Å²) in [5.41, 5.74) is 0. The highest BCUT2D eigenvalue weighted by Crippen LogP contribution is 1.80. The fourth-order valence-corrected chi connectivity index (χ4v) is 1.47. The molecule has 0 saturated heterocycles. The maximum Gasteiger partial charge on any atom is 0.320 e. The molecule has 0 aliphatic carbocycles. The van der Waals surface area contributed by atoms with Crippen molar-refractivity contribution in [3.05, 3.63) is 0 Å². The standard InChI is InChI=1S/C5H9NO4.C4H7NO5.C4H9NO4.C4H7NO4/c1-6(2-4(7)8)3-5(9)10;6-3(7)1-5(10)2-4(8)9;2*6-3(7)1-5-2-4(8)9/h2-3H2,1H3,(H,7,8)(H,9,10);10H,1-2H2,(H,6,7)(H,8,9);3,5-7H,1-2H2,(H,8,9);5H,1-2H2,(H,6,7)(H,8,9). The molecule has 0 spiro atoms. The molecule has 0 aromatic heterocycles. The third kappa shape index (κ3) is 53.4. The average molecular weight is 564 g/mol. The van der Waals surface area contributed by atoms with Crippen LogP contribution in [0, 0.1) is 0 Å². The summed E-state index contributed by atoms with van der Waals surface area (Å²) in [6, 6.07) is 0. The van der Waals surface area contributed by atoms with Crippen LogP contribution in [-0.2, 0) is 33.6 Å². The molecule has 0 saturated carbocycles. The van der Waals surface area contributed by atoms with Crippen LogP contribution in [0.25, 0.3) is 0 Å². The average Bonchev–Trinajstić information content (AvgIpc) is 2.65. The van der Waals surface area contributed by atoms with Crippen molar-refractivity contribution < 1.29 is 84.7 Å². The minimum atomic E-state index is -1.48. The van der Waals surface area contributed by atoms with Gasteiger partial charge in [0.05, 0.1) is 32.7 Å². The number of aliphatic carboxylic acids is 7. The summed E-state index contributed by atoms with van der Waals surface area (Å²) >= 11 is 0. The fourth-order valence-electron chi connectivity index (χ4n) is 1.47. The van der Waals surface area contributed by atoms with Crippen LogP contribution in [0.1, 0.15) is 0 Å². The molecule has 0 radical (unpaired) electrons. The Balaban J connectivity index is -0.000000203. The molecule has 12 N–H and O–H groups in total. The van der Waals surface area contributed by atoms with Crippen molar-refractivity contribution in [1.29, 1.82) is 0 Å². The molecule has 0 fully saturated rings. The topological polar surface area (TPSA) is 352 Å². The SMILES string of the molecule is CN(CC(=O)O)CC(=O)O.O=C(O)CN(O)CC(=O)O.O=C(O)CNCC(=O)O.O=C(O)CNCC(O)O. The zero-order valence-corrected chi connectivity index (χ0v) is 20.0. The lowest BCUT2D eigenvalue weighted by molar-refractivity contribution is -0.163. The maximum atomic E-state index is 9.96. The van der Waals surface area contributed by atoms with Gasteiger partial charge in [0.1, 0.15) is 13.1 Å². The molecular formula is C17H32N4O17. The molecule has 21 heteroatoms. The first-order valence-electron chi connectivity index (χ1n) is 9.72. The van der Waals surface area contributed by atoms with E-state index in [9.17, 15) is 33.6 Å². The minimum absolute atomic E-state index is 0.119. The van der Waals surface area contributed by atoms with Crippen LogP contribution in [0.2, 0.25) is 0 Å². The second-order valence-corrected chi connectivity index (χ2v) is 6.47. The number of hydrogen-bond acceptors (Lipinski definition) is 14. The highest BCUT2D eigenvalue weighted by Gasteiger charge is 2.09. The molecule has 0 aliphatic rings. The minimum Gasteiger partial charge on any atom is -0.480 e. The smallest absolute Gasteiger partial charge is 0.320 e. The lowest BCUT2D eigenvalue weighted by atomic mass is 10.5. The van der Waals surface area contributed by atoms with Crippen LogP contribution in [0.3, 0.4) is 0 Å². The van der Waals surface area contributed by atoms with Crippen molar-refractivity contribution in [3.63, 3.8) is 0 Å². The summed E-state index contributed by atoms with van der Waals surface area (Å²) in [5.74, 6) is -7.73. The second kappa shape index (κ2) is 26.1. The number of nitrogens with one attached hydrogen (secondary N) is 2. The van der Waals surface area contributed by atoms with Gasteiger partial charge in [-0.15, -0.1) is 0 Å². The van der Waals surface area contributed by atoms with Gasteiger partial charge in [0.15, 0.2) is 6.29 Å². The summed E-state index contributed by atoms with van der Waals surface area (Å²) in [6.45, 7) is -2.86. The van der Waals surface area contributed by atoms with Gasteiger partial charge in [0, 0.05) is 6.54 Å². The first-order valence-corrected chi connectivity index (χ1v) is 9.72. The van der Waals surface area contributed by atoms with E-state index in [-0.39, 0.29) is 44.3 Å². The summed E-state index contributed by atoms with van der Waals surface area (Å²) in [7, 11) is 1.43. The van der Waals surface area contributed by atoms with Gasteiger partial charge >= 0.3 is 41.8 Å². The van der Waals surface area contributed by atoms with E-state index in [1.54, 1.807) is 0 Å². The fraction of sp³-hybridized carbons (Fsp3) is 0.588. The van der Waals surface area contributed by atoms with Crippen LogP contribution in [0.4, 0.5) is 0 Å². The normalized spacial score (nSPS) is 9.66. The summed E-state index contributed by atoms with van der Waals surface area (Å²) < 4.78 is 0. The quantitative estimate of drug-likeness (QED) is 0.0614. The van der Waals surface area contributed by atoms with Crippen LogP contribution in [-0.4, -0.2) is 169 Å². The summed E-state index contributed by atoms with van der Waals surface area (Å²) in [6.07, 6.45) is -1.48. The zero-order valence-electron chi connectivity index (χ0n) is 20.0. The van der Waals surface area contributed by atoms with E-state index in [1.165, 1.54) is 11.9 Å². The van der Waals surface area contributed by atoms with Crippen molar-refractivity contribution in [2.24, 2.45) is 0 Å². The number of rotatable bonds is 16. The number of hydroxylamine groups is 2. The van der Waals surface area contributed by atoms with Gasteiger partial charge < -0.3 is 56.5 Å². The molecule has 0 aliphatic heterocycles. The molecule has 0 bridgehead atoms.